The maximum atomic E-state index is 11.7. The Morgan fingerprint density at radius 3 is 2.52 bits per heavy atom. The fourth-order valence-corrected chi connectivity index (χ4v) is 3.51. The molecule has 1 aliphatic heterocycles. The molecule has 1 aromatic heterocycles. The van der Waals surface area contributed by atoms with Crippen molar-refractivity contribution in [3.8, 4) is 11.5 Å². The molecule has 1 aliphatic rings. The number of benzene rings is 1. The zero-order chi connectivity index (χ0) is 20.9. The zero-order valence-corrected chi connectivity index (χ0v) is 17.8. The molecular formula is C23H31NO5. The number of oxazole rings is 1. The van der Waals surface area contributed by atoms with Gasteiger partial charge in [-0.1, -0.05) is 31.0 Å². The molecule has 158 valence electrons. The van der Waals surface area contributed by atoms with E-state index in [2.05, 4.69) is 38.1 Å². The highest BCUT2D eigenvalue weighted by molar-refractivity contribution is 5.77. The maximum Gasteiger partial charge on any atom is 0.366 e. The number of hydrogen-bond donors (Lipinski definition) is 0. The molecule has 0 amide bonds. The lowest BCUT2D eigenvalue weighted by Gasteiger charge is -2.35. The first-order chi connectivity index (χ1) is 13.9. The van der Waals surface area contributed by atoms with E-state index in [4.69, 9.17) is 23.6 Å². The molecule has 1 saturated heterocycles. The van der Waals surface area contributed by atoms with E-state index in [0.29, 0.717) is 25.0 Å². The van der Waals surface area contributed by atoms with Gasteiger partial charge in [0.05, 0.1) is 26.0 Å². The molecule has 0 N–H and O–H groups in total. The Morgan fingerprint density at radius 1 is 1.21 bits per heavy atom. The summed E-state index contributed by atoms with van der Waals surface area (Å²) in [6, 6.07) is 8.25. The van der Waals surface area contributed by atoms with E-state index in [-0.39, 0.29) is 0 Å². The highest BCUT2D eigenvalue weighted by Crippen LogP contribution is 2.27. The smallest absolute Gasteiger partial charge is 0.366 e. The van der Waals surface area contributed by atoms with E-state index in [1.54, 1.807) is 6.92 Å². The number of unbranched alkanes of at least 4 members (excludes halogenated alkanes) is 1. The van der Waals surface area contributed by atoms with Crippen LogP contribution < -0.4 is 0 Å². The molecule has 0 bridgehead atoms. The lowest BCUT2D eigenvalue weighted by Crippen LogP contribution is -2.48. The Hall–Kier alpha value is -2.18. The van der Waals surface area contributed by atoms with Crippen LogP contribution in [-0.4, -0.2) is 37.1 Å². The Bertz CT molecular complexity index is 803. The molecule has 3 rings (SSSR count). The molecule has 2 aromatic rings. The van der Waals surface area contributed by atoms with Crippen LogP contribution in [0.2, 0.25) is 0 Å². The number of nitrogens with zero attached hydrogens (tertiary/aromatic N) is 1. The second-order valence-electron chi connectivity index (χ2n) is 7.78. The van der Waals surface area contributed by atoms with Crippen LogP contribution in [0.4, 0.5) is 0 Å². The van der Waals surface area contributed by atoms with Crippen molar-refractivity contribution in [3.63, 3.8) is 0 Å². The molecular weight excluding hydrogens is 370 g/mol. The van der Waals surface area contributed by atoms with Crippen molar-refractivity contribution in [1.29, 1.82) is 0 Å². The second-order valence-corrected chi connectivity index (χ2v) is 7.78. The van der Waals surface area contributed by atoms with Crippen molar-refractivity contribution in [2.45, 2.75) is 58.7 Å². The van der Waals surface area contributed by atoms with Crippen molar-refractivity contribution in [3.05, 3.63) is 41.3 Å². The Labute approximate surface area is 172 Å². The predicted molar refractivity (Wildman–Crippen MR) is 109 cm³/mol. The molecule has 0 unspecified atom stereocenters. The number of carbonyl (C=O) groups excluding carboxylic acids is 1. The van der Waals surface area contributed by atoms with Gasteiger partial charge in [0.2, 0.25) is 5.89 Å². The van der Waals surface area contributed by atoms with Gasteiger partial charge in [0, 0.05) is 24.8 Å². The van der Waals surface area contributed by atoms with Gasteiger partial charge in [-0.15, -0.1) is 0 Å². The number of carbonyl (C=O) groups is 1. The van der Waals surface area contributed by atoms with E-state index in [1.807, 2.05) is 0 Å². The van der Waals surface area contributed by atoms with Gasteiger partial charge >= 0.3 is 5.97 Å². The van der Waals surface area contributed by atoms with Crippen LogP contribution in [0.5, 0.6) is 0 Å². The van der Waals surface area contributed by atoms with Gasteiger partial charge in [0.15, 0.2) is 0 Å². The van der Waals surface area contributed by atoms with Crippen LogP contribution >= 0.6 is 0 Å². The fraction of sp³-hybridized carbons (Fsp3) is 0.565. The van der Waals surface area contributed by atoms with Crippen molar-refractivity contribution in [2.24, 2.45) is 5.92 Å². The number of hydrogen-bond acceptors (Lipinski definition) is 6. The summed E-state index contributed by atoms with van der Waals surface area (Å²) in [5, 5.41) is 0. The highest BCUT2D eigenvalue weighted by atomic mass is 16.7. The quantitative estimate of drug-likeness (QED) is 0.480. The third-order valence-corrected chi connectivity index (χ3v) is 5.42. The standard InChI is InChI=1S/C23H31NO5/c1-5-20-19(24-21(29-20)18-12-10-16(2)11-13-18)9-7-6-8-17-14-27-23(3,28-15-17)22(25)26-4/h10-13,17H,5-9,14-15H2,1-4H3. The van der Waals surface area contributed by atoms with Crippen molar-refractivity contribution in [1.82, 2.24) is 4.98 Å². The summed E-state index contributed by atoms with van der Waals surface area (Å²) in [5.41, 5.74) is 3.29. The van der Waals surface area contributed by atoms with Crippen LogP contribution in [0.1, 0.15) is 50.1 Å². The molecule has 1 aromatic carbocycles. The van der Waals surface area contributed by atoms with Crippen LogP contribution in [-0.2, 0) is 31.8 Å². The Morgan fingerprint density at radius 2 is 1.90 bits per heavy atom. The first kappa shape index (κ1) is 21.5. The summed E-state index contributed by atoms with van der Waals surface area (Å²) in [7, 11) is 1.34. The second kappa shape index (κ2) is 9.55. The summed E-state index contributed by atoms with van der Waals surface area (Å²) in [6.45, 7) is 6.79. The van der Waals surface area contributed by atoms with Crippen LogP contribution in [0, 0.1) is 12.8 Å². The minimum absolute atomic E-state index is 0.291. The first-order valence-corrected chi connectivity index (χ1v) is 10.4. The Kier molecular flexibility index (Phi) is 7.09. The summed E-state index contributed by atoms with van der Waals surface area (Å²) in [6.07, 6.45) is 4.79. The number of aryl methyl sites for hydroxylation is 3. The summed E-state index contributed by atoms with van der Waals surface area (Å²) in [4.78, 5) is 16.5. The molecule has 0 saturated carbocycles. The summed E-state index contributed by atoms with van der Waals surface area (Å²) >= 11 is 0. The average Bonchev–Trinajstić information content (AvgIpc) is 3.15. The van der Waals surface area contributed by atoms with Crippen molar-refractivity contribution < 1.29 is 23.4 Å². The minimum atomic E-state index is -1.27. The highest BCUT2D eigenvalue weighted by Gasteiger charge is 2.41. The lowest BCUT2D eigenvalue weighted by atomic mass is 10.0. The first-order valence-electron chi connectivity index (χ1n) is 10.4. The largest absolute Gasteiger partial charge is 0.465 e. The Balaban J connectivity index is 1.47. The number of rotatable bonds is 8. The van der Waals surface area contributed by atoms with Gasteiger partial charge in [-0.3, -0.25) is 0 Å². The fourth-order valence-electron chi connectivity index (χ4n) is 3.51. The SMILES string of the molecule is CCc1oc(-c2ccc(C)cc2)nc1CCCCC1COC(C)(C(=O)OC)OC1. The molecule has 0 spiro atoms. The minimum Gasteiger partial charge on any atom is -0.465 e. The summed E-state index contributed by atoms with van der Waals surface area (Å²) in [5.74, 6) is 0.206. The van der Waals surface area contributed by atoms with E-state index in [0.717, 1.165) is 49.1 Å². The van der Waals surface area contributed by atoms with Gasteiger partial charge in [0.25, 0.3) is 5.79 Å². The predicted octanol–water partition coefficient (Wildman–Crippen LogP) is 4.48. The number of aromatic nitrogens is 1. The van der Waals surface area contributed by atoms with Crippen LogP contribution in [0.3, 0.4) is 0 Å². The van der Waals surface area contributed by atoms with Gasteiger partial charge in [0.1, 0.15) is 5.76 Å². The molecule has 6 heteroatoms. The lowest BCUT2D eigenvalue weighted by molar-refractivity contribution is -0.272. The molecule has 2 heterocycles. The molecule has 1 fully saturated rings. The summed E-state index contributed by atoms with van der Waals surface area (Å²) < 4.78 is 22.0. The topological polar surface area (TPSA) is 70.8 Å². The monoisotopic (exact) mass is 401 g/mol. The maximum absolute atomic E-state index is 11.7. The molecule has 29 heavy (non-hydrogen) atoms. The number of methoxy groups -OCH3 is 1. The van der Waals surface area contributed by atoms with Crippen LogP contribution in [0.15, 0.2) is 28.7 Å². The normalized spacial score (nSPS) is 21.9. The third kappa shape index (κ3) is 5.25. The van der Waals surface area contributed by atoms with Crippen molar-refractivity contribution in [2.75, 3.05) is 20.3 Å². The molecule has 0 radical (unpaired) electrons. The molecule has 0 aliphatic carbocycles. The van der Waals surface area contributed by atoms with E-state index in [1.165, 1.54) is 12.7 Å². The number of ether oxygens (including phenoxy) is 3. The molecule has 6 nitrogen and oxygen atoms in total. The molecule has 0 atom stereocenters. The third-order valence-electron chi connectivity index (χ3n) is 5.42. The van der Waals surface area contributed by atoms with E-state index >= 15 is 0 Å². The van der Waals surface area contributed by atoms with Gasteiger partial charge in [-0.25, -0.2) is 9.78 Å². The van der Waals surface area contributed by atoms with Gasteiger partial charge in [-0.05, 0) is 38.3 Å². The van der Waals surface area contributed by atoms with Crippen LogP contribution in [0.25, 0.3) is 11.5 Å². The van der Waals surface area contributed by atoms with Gasteiger partial charge in [-0.2, -0.15) is 0 Å². The van der Waals surface area contributed by atoms with E-state index < -0.39 is 11.8 Å². The van der Waals surface area contributed by atoms with Crippen molar-refractivity contribution >= 4 is 5.97 Å². The number of esters is 1. The van der Waals surface area contributed by atoms with E-state index in [9.17, 15) is 4.79 Å². The van der Waals surface area contributed by atoms with Gasteiger partial charge < -0.3 is 18.6 Å². The zero-order valence-electron chi connectivity index (χ0n) is 17.8. The average molecular weight is 402 g/mol.